The van der Waals surface area contributed by atoms with Crippen molar-refractivity contribution >= 4 is 17.5 Å². The van der Waals surface area contributed by atoms with Crippen molar-refractivity contribution in [1.82, 2.24) is 14.9 Å². The Bertz CT molecular complexity index is 967. The minimum absolute atomic E-state index is 0.0696. The van der Waals surface area contributed by atoms with E-state index < -0.39 is 0 Å². The first-order chi connectivity index (χ1) is 13.1. The van der Waals surface area contributed by atoms with Gasteiger partial charge in [-0.15, -0.1) is 10.2 Å². The van der Waals surface area contributed by atoms with Gasteiger partial charge in [-0.1, -0.05) is 53.7 Å². The summed E-state index contributed by atoms with van der Waals surface area (Å²) in [4.78, 5) is 13.3. The molecule has 6 nitrogen and oxygen atoms in total. The third-order valence-corrected chi connectivity index (χ3v) is 5.88. The lowest BCUT2D eigenvalue weighted by Crippen LogP contribution is -2.39. The quantitative estimate of drug-likeness (QED) is 0.698. The average Bonchev–Trinajstić information content (AvgIpc) is 3.07. The number of aryl methyl sites for hydroxylation is 2. The second kappa shape index (κ2) is 7.08. The van der Waals surface area contributed by atoms with E-state index in [1.54, 1.807) is 7.11 Å². The maximum Gasteiger partial charge on any atom is 0.210 e. The molecule has 1 aliphatic rings. The summed E-state index contributed by atoms with van der Waals surface area (Å²) in [5.74, 6) is 1.61. The second-order valence-electron chi connectivity index (χ2n) is 6.51. The van der Waals surface area contributed by atoms with Gasteiger partial charge in [0.25, 0.3) is 0 Å². The summed E-state index contributed by atoms with van der Waals surface area (Å²) in [6.45, 7) is 3.90. The van der Waals surface area contributed by atoms with Gasteiger partial charge in [-0.2, -0.15) is 0 Å². The highest BCUT2D eigenvalue weighted by molar-refractivity contribution is 8.00. The predicted molar refractivity (Wildman–Crippen MR) is 105 cm³/mol. The van der Waals surface area contributed by atoms with Gasteiger partial charge in [0, 0.05) is 5.56 Å². The van der Waals surface area contributed by atoms with Crippen LogP contribution in [0.1, 0.15) is 33.4 Å². The van der Waals surface area contributed by atoms with Crippen LogP contribution < -0.4 is 10.2 Å². The number of ketones is 1. The molecular formula is C20H20N4O2S. The summed E-state index contributed by atoms with van der Waals surface area (Å²) < 4.78 is 7.10. The predicted octanol–water partition coefficient (Wildman–Crippen LogP) is 3.55. The maximum absolute atomic E-state index is 13.3. The Balaban J connectivity index is 1.73. The minimum atomic E-state index is -0.350. The molecule has 2 atom stereocenters. The molecule has 0 spiro atoms. The van der Waals surface area contributed by atoms with Crippen LogP contribution in [0.4, 0.5) is 0 Å². The summed E-state index contributed by atoms with van der Waals surface area (Å²) in [6, 6.07) is 15.3. The van der Waals surface area contributed by atoms with Gasteiger partial charge in [0.05, 0.1) is 13.2 Å². The molecule has 0 saturated carbocycles. The van der Waals surface area contributed by atoms with Gasteiger partial charge in [-0.05, 0) is 31.5 Å². The molecule has 0 amide bonds. The Morgan fingerprint density at radius 2 is 1.78 bits per heavy atom. The van der Waals surface area contributed by atoms with Crippen LogP contribution in [0.3, 0.4) is 0 Å². The van der Waals surface area contributed by atoms with E-state index in [1.807, 2.05) is 67.1 Å². The monoisotopic (exact) mass is 380 g/mol. The number of carbonyl (C=O) groups is 1. The first-order valence-electron chi connectivity index (χ1n) is 8.67. The first-order valence-corrected chi connectivity index (χ1v) is 9.55. The Morgan fingerprint density at radius 3 is 2.44 bits per heavy atom. The highest BCUT2D eigenvalue weighted by Gasteiger charge is 2.37. The molecule has 4 rings (SSSR count). The van der Waals surface area contributed by atoms with Crippen LogP contribution in [0, 0.1) is 13.8 Å². The fourth-order valence-corrected chi connectivity index (χ4v) is 4.31. The summed E-state index contributed by atoms with van der Waals surface area (Å²) >= 11 is 1.44. The maximum atomic E-state index is 13.3. The first kappa shape index (κ1) is 17.6. The zero-order chi connectivity index (χ0) is 19.0. The number of ether oxygens (including phenoxy) is 1. The fourth-order valence-electron chi connectivity index (χ4n) is 3.10. The standard InChI is InChI=1S/C20H20N4O2S/c1-12-4-6-15(7-5-12)18(25)19-17(14-8-10-16(26-3)11-9-14)23-24-13(2)21-22-20(24)27-19/h4-11,17,19,23H,1-3H3/t17-,19-/m1/s1. The number of nitrogens with zero attached hydrogens (tertiary/aromatic N) is 3. The number of nitrogens with one attached hydrogen (secondary N) is 1. The molecule has 1 aliphatic heterocycles. The van der Waals surface area contributed by atoms with Crippen molar-refractivity contribution in [3.8, 4) is 5.75 Å². The van der Waals surface area contributed by atoms with Crippen LogP contribution in [0.5, 0.6) is 5.75 Å². The van der Waals surface area contributed by atoms with E-state index >= 15 is 0 Å². The summed E-state index contributed by atoms with van der Waals surface area (Å²) in [5, 5.41) is 8.67. The van der Waals surface area contributed by atoms with Crippen molar-refractivity contribution in [2.75, 3.05) is 12.5 Å². The van der Waals surface area contributed by atoms with Gasteiger partial charge >= 0.3 is 0 Å². The topological polar surface area (TPSA) is 69.0 Å². The Kier molecular flexibility index (Phi) is 4.61. The van der Waals surface area contributed by atoms with Crippen molar-refractivity contribution in [3.63, 3.8) is 0 Å². The van der Waals surface area contributed by atoms with E-state index in [-0.39, 0.29) is 17.1 Å². The summed E-state index contributed by atoms with van der Waals surface area (Å²) in [7, 11) is 1.64. The lowest BCUT2D eigenvalue weighted by molar-refractivity contribution is 0.0980. The molecule has 0 radical (unpaired) electrons. The van der Waals surface area contributed by atoms with E-state index in [2.05, 4.69) is 15.6 Å². The zero-order valence-corrected chi connectivity index (χ0v) is 16.2. The van der Waals surface area contributed by atoms with E-state index in [0.29, 0.717) is 10.7 Å². The fraction of sp³-hybridized carbons (Fsp3) is 0.250. The average molecular weight is 380 g/mol. The van der Waals surface area contributed by atoms with Gasteiger partial charge in [0.2, 0.25) is 5.16 Å². The Hall–Kier alpha value is -2.80. The highest BCUT2D eigenvalue weighted by Crippen LogP contribution is 2.38. The molecular weight excluding hydrogens is 360 g/mol. The van der Waals surface area contributed by atoms with Crippen LogP contribution >= 0.6 is 11.8 Å². The number of fused-ring (bicyclic) bond motifs is 1. The lowest BCUT2D eigenvalue weighted by atomic mass is 9.97. The molecule has 0 aliphatic carbocycles. The number of hydrogen-bond acceptors (Lipinski definition) is 6. The minimum Gasteiger partial charge on any atom is -0.497 e. The van der Waals surface area contributed by atoms with E-state index in [9.17, 15) is 4.79 Å². The van der Waals surface area contributed by atoms with Crippen molar-refractivity contribution in [3.05, 3.63) is 71.0 Å². The molecule has 3 aromatic rings. The normalized spacial score (nSPS) is 18.5. The molecule has 138 valence electrons. The van der Waals surface area contributed by atoms with Crippen LogP contribution in [-0.2, 0) is 0 Å². The molecule has 0 unspecified atom stereocenters. The van der Waals surface area contributed by atoms with Crippen molar-refractivity contribution in [2.45, 2.75) is 30.3 Å². The highest BCUT2D eigenvalue weighted by atomic mass is 32.2. The number of hydrogen-bond donors (Lipinski definition) is 1. The number of rotatable bonds is 4. The molecule has 27 heavy (non-hydrogen) atoms. The molecule has 1 aromatic heterocycles. The van der Waals surface area contributed by atoms with Crippen LogP contribution in [0.25, 0.3) is 0 Å². The van der Waals surface area contributed by atoms with Gasteiger partial charge in [-0.25, -0.2) is 4.68 Å². The molecule has 2 heterocycles. The molecule has 7 heteroatoms. The molecule has 0 fully saturated rings. The van der Waals surface area contributed by atoms with Gasteiger partial charge in [0.1, 0.15) is 16.8 Å². The smallest absolute Gasteiger partial charge is 0.210 e. The molecule has 2 aromatic carbocycles. The lowest BCUT2D eigenvalue weighted by Gasteiger charge is -2.32. The van der Waals surface area contributed by atoms with Crippen molar-refractivity contribution in [1.29, 1.82) is 0 Å². The third kappa shape index (κ3) is 3.30. The largest absolute Gasteiger partial charge is 0.497 e. The molecule has 0 saturated heterocycles. The number of carbonyl (C=O) groups excluding carboxylic acids is 1. The van der Waals surface area contributed by atoms with Gasteiger partial charge in [-0.3, -0.25) is 4.79 Å². The van der Waals surface area contributed by atoms with Crippen LogP contribution in [0.2, 0.25) is 0 Å². The number of methoxy groups -OCH3 is 1. The SMILES string of the molecule is COc1ccc([C@H]2Nn3c(C)nnc3S[C@H]2C(=O)c2ccc(C)cc2)cc1. The third-order valence-electron chi connectivity index (χ3n) is 4.67. The van der Waals surface area contributed by atoms with E-state index in [1.165, 1.54) is 11.8 Å². The number of thioether (sulfide) groups is 1. The summed E-state index contributed by atoms with van der Waals surface area (Å²) in [5.41, 5.74) is 6.25. The molecule has 0 bridgehead atoms. The molecule has 1 N–H and O–H groups in total. The Morgan fingerprint density at radius 1 is 1.07 bits per heavy atom. The van der Waals surface area contributed by atoms with Crippen molar-refractivity contribution in [2.24, 2.45) is 0 Å². The second-order valence-corrected chi connectivity index (χ2v) is 7.62. The number of aromatic nitrogens is 3. The van der Waals surface area contributed by atoms with Crippen LogP contribution in [0.15, 0.2) is 53.7 Å². The Labute approximate surface area is 161 Å². The van der Waals surface area contributed by atoms with E-state index in [0.717, 1.165) is 22.7 Å². The number of benzene rings is 2. The zero-order valence-electron chi connectivity index (χ0n) is 15.3. The summed E-state index contributed by atoms with van der Waals surface area (Å²) in [6.07, 6.45) is 0. The van der Waals surface area contributed by atoms with Crippen LogP contribution in [-0.4, -0.2) is 33.0 Å². The van der Waals surface area contributed by atoms with E-state index in [4.69, 9.17) is 4.74 Å². The van der Waals surface area contributed by atoms with Gasteiger partial charge < -0.3 is 10.2 Å². The number of Topliss-reactive ketones (excluding diaryl/α,β-unsaturated/α-hetero) is 1. The van der Waals surface area contributed by atoms with Crippen molar-refractivity contribution < 1.29 is 9.53 Å². The van der Waals surface area contributed by atoms with Gasteiger partial charge in [0.15, 0.2) is 5.78 Å².